The summed E-state index contributed by atoms with van der Waals surface area (Å²) in [7, 11) is 0. The Morgan fingerprint density at radius 2 is 2.18 bits per heavy atom. The fourth-order valence-electron chi connectivity index (χ4n) is 1.72. The highest BCUT2D eigenvalue weighted by atomic mass is 16.3. The molecule has 0 fully saturated rings. The highest BCUT2D eigenvalue weighted by Crippen LogP contribution is 2.20. The molecule has 1 aromatic carbocycles. The molecule has 0 saturated carbocycles. The standard InChI is InChI=1S/C13H20N2O2/c1-2-15(13(17)8-3-4-9-14)11-6-5-7-12(16)10-11/h5-7,10,16H,2-4,8-9,14H2,1H3. The van der Waals surface area contributed by atoms with Crippen LogP contribution in [0.15, 0.2) is 24.3 Å². The molecule has 0 atom stereocenters. The van der Waals surface area contributed by atoms with Crippen LogP contribution in [0.5, 0.6) is 5.75 Å². The average molecular weight is 236 g/mol. The van der Waals surface area contributed by atoms with Gasteiger partial charge >= 0.3 is 0 Å². The van der Waals surface area contributed by atoms with Gasteiger partial charge in [0.25, 0.3) is 0 Å². The van der Waals surface area contributed by atoms with Crippen LogP contribution in [0.3, 0.4) is 0 Å². The van der Waals surface area contributed by atoms with E-state index in [1.165, 1.54) is 0 Å². The molecule has 0 saturated heterocycles. The number of phenols is 1. The number of rotatable bonds is 6. The third-order valence-electron chi connectivity index (χ3n) is 2.60. The van der Waals surface area contributed by atoms with Crippen LogP contribution >= 0.6 is 0 Å². The Balaban J connectivity index is 2.67. The second-order valence-corrected chi connectivity index (χ2v) is 3.90. The minimum Gasteiger partial charge on any atom is -0.508 e. The zero-order chi connectivity index (χ0) is 12.7. The smallest absolute Gasteiger partial charge is 0.226 e. The van der Waals surface area contributed by atoms with Crippen LogP contribution in [0.2, 0.25) is 0 Å². The minimum absolute atomic E-state index is 0.0755. The van der Waals surface area contributed by atoms with E-state index in [1.807, 2.05) is 13.0 Å². The first-order chi connectivity index (χ1) is 8.19. The van der Waals surface area contributed by atoms with E-state index < -0.39 is 0 Å². The average Bonchev–Trinajstić information content (AvgIpc) is 2.30. The Labute approximate surface area is 102 Å². The van der Waals surface area contributed by atoms with Crippen molar-refractivity contribution in [3.63, 3.8) is 0 Å². The Morgan fingerprint density at radius 1 is 1.41 bits per heavy atom. The van der Waals surface area contributed by atoms with Crippen molar-refractivity contribution in [2.45, 2.75) is 26.2 Å². The number of hydrogen-bond donors (Lipinski definition) is 2. The highest BCUT2D eigenvalue weighted by molar-refractivity contribution is 5.93. The van der Waals surface area contributed by atoms with Gasteiger partial charge < -0.3 is 15.7 Å². The lowest BCUT2D eigenvalue weighted by Gasteiger charge is -2.21. The van der Waals surface area contributed by atoms with Gasteiger partial charge in [0.15, 0.2) is 0 Å². The summed E-state index contributed by atoms with van der Waals surface area (Å²) in [6, 6.07) is 6.76. The Bertz CT molecular complexity index is 366. The summed E-state index contributed by atoms with van der Waals surface area (Å²) in [4.78, 5) is 13.6. The first kappa shape index (κ1) is 13.5. The first-order valence-corrected chi connectivity index (χ1v) is 5.98. The summed E-state index contributed by atoms with van der Waals surface area (Å²) in [5.41, 5.74) is 6.14. The zero-order valence-corrected chi connectivity index (χ0v) is 10.2. The molecule has 1 aromatic rings. The Hall–Kier alpha value is -1.55. The molecule has 0 unspecified atom stereocenters. The molecule has 4 nitrogen and oxygen atoms in total. The van der Waals surface area contributed by atoms with Gasteiger partial charge in [0.1, 0.15) is 5.75 Å². The van der Waals surface area contributed by atoms with Gasteiger partial charge in [-0.05, 0) is 38.4 Å². The van der Waals surface area contributed by atoms with E-state index in [4.69, 9.17) is 5.73 Å². The molecule has 3 N–H and O–H groups in total. The number of benzene rings is 1. The first-order valence-electron chi connectivity index (χ1n) is 5.98. The molecule has 0 aliphatic heterocycles. The van der Waals surface area contributed by atoms with Crippen LogP contribution in [-0.4, -0.2) is 24.1 Å². The number of carbonyl (C=O) groups is 1. The van der Waals surface area contributed by atoms with Crippen LogP contribution in [0, 0.1) is 0 Å². The maximum Gasteiger partial charge on any atom is 0.226 e. The summed E-state index contributed by atoms with van der Waals surface area (Å²) in [6.07, 6.45) is 2.18. The van der Waals surface area contributed by atoms with Crippen molar-refractivity contribution in [1.29, 1.82) is 0 Å². The van der Waals surface area contributed by atoms with Crippen molar-refractivity contribution in [2.75, 3.05) is 18.0 Å². The van der Waals surface area contributed by atoms with Crippen LogP contribution in [0.1, 0.15) is 26.2 Å². The summed E-state index contributed by atoms with van der Waals surface area (Å²) < 4.78 is 0. The maximum absolute atomic E-state index is 12.0. The summed E-state index contributed by atoms with van der Waals surface area (Å²) in [5, 5.41) is 9.40. The van der Waals surface area contributed by atoms with Crippen LogP contribution in [-0.2, 0) is 4.79 Å². The molecule has 1 rings (SSSR count). The molecule has 0 heterocycles. The van der Waals surface area contributed by atoms with Gasteiger partial charge in [-0.3, -0.25) is 4.79 Å². The van der Waals surface area contributed by atoms with Crippen LogP contribution in [0.25, 0.3) is 0 Å². The van der Waals surface area contributed by atoms with Crippen molar-refractivity contribution >= 4 is 11.6 Å². The molecular weight excluding hydrogens is 216 g/mol. The number of hydrogen-bond acceptors (Lipinski definition) is 3. The highest BCUT2D eigenvalue weighted by Gasteiger charge is 2.13. The molecule has 94 valence electrons. The number of carbonyl (C=O) groups excluding carboxylic acids is 1. The quantitative estimate of drug-likeness (QED) is 0.741. The van der Waals surface area contributed by atoms with Gasteiger partial charge in [0.2, 0.25) is 5.91 Å². The lowest BCUT2D eigenvalue weighted by Crippen LogP contribution is -2.30. The predicted molar refractivity (Wildman–Crippen MR) is 69.0 cm³/mol. The lowest BCUT2D eigenvalue weighted by molar-refractivity contribution is -0.118. The number of phenolic OH excluding ortho intramolecular Hbond substituents is 1. The molecule has 0 bridgehead atoms. The van der Waals surface area contributed by atoms with Gasteiger partial charge in [-0.15, -0.1) is 0 Å². The molecule has 4 heteroatoms. The van der Waals surface area contributed by atoms with Crippen LogP contribution in [0.4, 0.5) is 5.69 Å². The van der Waals surface area contributed by atoms with Gasteiger partial charge in [0, 0.05) is 24.7 Å². The Morgan fingerprint density at radius 3 is 2.76 bits per heavy atom. The zero-order valence-electron chi connectivity index (χ0n) is 10.2. The minimum atomic E-state index is 0.0755. The van der Waals surface area contributed by atoms with Crippen molar-refractivity contribution in [1.82, 2.24) is 0 Å². The Kier molecular flexibility index (Phi) is 5.49. The SMILES string of the molecule is CCN(C(=O)CCCCN)c1cccc(O)c1. The third kappa shape index (κ3) is 4.07. The third-order valence-corrected chi connectivity index (χ3v) is 2.60. The number of aromatic hydroxyl groups is 1. The van der Waals surface area contributed by atoms with Gasteiger partial charge in [-0.1, -0.05) is 6.07 Å². The largest absolute Gasteiger partial charge is 0.508 e. The molecule has 0 spiro atoms. The van der Waals surface area contributed by atoms with Gasteiger partial charge in [-0.2, -0.15) is 0 Å². The van der Waals surface area contributed by atoms with E-state index in [0.717, 1.165) is 18.5 Å². The number of nitrogens with zero attached hydrogens (tertiary/aromatic N) is 1. The van der Waals surface area contributed by atoms with E-state index in [9.17, 15) is 9.90 Å². The van der Waals surface area contributed by atoms with E-state index >= 15 is 0 Å². The topological polar surface area (TPSA) is 66.6 Å². The maximum atomic E-state index is 12.0. The van der Waals surface area contributed by atoms with Gasteiger partial charge in [0.05, 0.1) is 0 Å². The van der Waals surface area contributed by atoms with Crippen molar-refractivity contribution in [2.24, 2.45) is 5.73 Å². The number of amides is 1. The molecule has 0 aliphatic carbocycles. The summed E-state index contributed by atoms with van der Waals surface area (Å²) in [5.74, 6) is 0.252. The molecule has 17 heavy (non-hydrogen) atoms. The molecular formula is C13H20N2O2. The summed E-state index contributed by atoms with van der Waals surface area (Å²) >= 11 is 0. The molecule has 0 aromatic heterocycles. The number of anilines is 1. The monoisotopic (exact) mass is 236 g/mol. The normalized spacial score (nSPS) is 10.2. The van der Waals surface area contributed by atoms with E-state index in [-0.39, 0.29) is 11.7 Å². The lowest BCUT2D eigenvalue weighted by atomic mass is 10.2. The van der Waals surface area contributed by atoms with Crippen molar-refractivity contribution < 1.29 is 9.90 Å². The molecule has 0 radical (unpaired) electrons. The second-order valence-electron chi connectivity index (χ2n) is 3.90. The van der Waals surface area contributed by atoms with Crippen molar-refractivity contribution in [3.05, 3.63) is 24.3 Å². The predicted octanol–water partition coefficient (Wildman–Crippen LogP) is 1.87. The fourth-order valence-corrected chi connectivity index (χ4v) is 1.72. The fraction of sp³-hybridized carbons (Fsp3) is 0.462. The van der Waals surface area contributed by atoms with Gasteiger partial charge in [-0.25, -0.2) is 0 Å². The van der Waals surface area contributed by atoms with Crippen molar-refractivity contribution in [3.8, 4) is 5.75 Å². The molecule has 1 amide bonds. The summed E-state index contributed by atoms with van der Waals surface area (Å²) in [6.45, 7) is 3.14. The second kappa shape index (κ2) is 6.91. The van der Waals surface area contributed by atoms with Crippen LogP contribution < -0.4 is 10.6 Å². The van der Waals surface area contributed by atoms with E-state index in [2.05, 4.69) is 0 Å². The van der Waals surface area contributed by atoms with E-state index in [1.54, 1.807) is 23.1 Å². The van der Waals surface area contributed by atoms with E-state index in [0.29, 0.717) is 19.5 Å². The molecule has 0 aliphatic rings. The number of nitrogens with two attached hydrogens (primary N) is 1. The number of unbranched alkanes of at least 4 members (excludes halogenated alkanes) is 1.